The Balaban J connectivity index is 4.85. The van der Waals surface area contributed by atoms with Crippen LogP contribution >= 0.6 is 0 Å². The predicted molar refractivity (Wildman–Crippen MR) is 68.2 cm³/mol. The molecular weight excluding hydrogens is 182 g/mol. The van der Waals surface area contributed by atoms with Crippen molar-refractivity contribution < 1.29 is 0 Å². The Bertz CT molecular complexity index is 336. The molecule has 0 saturated heterocycles. The summed E-state index contributed by atoms with van der Waals surface area (Å²) in [4.78, 5) is 0. The smallest absolute Gasteiger partial charge is 0.0216 e. The van der Waals surface area contributed by atoms with Gasteiger partial charge in [0.2, 0.25) is 0 Å². The lowest BCUT2D eigenvalue weighted by Crippen LogP contribution is -1.97. The quantitative estimate of drug-likeness (QED) is 0.411. The van der Waals surface area contributed by atoms with E-state index >= 15 is 0 Å². The van der Waals surface area contributed by atoms with Gasteiger partial charge in [-0.05, 0) is 37.8 Å². The molecule has 0 amide bonds. The molecule has 0 aromatic heterocycles. The van der Waals surface area contributed by atoms with Crippen LogP contribution in [-0.2, 0) is 0 Å². The van der Waals surface area contributed by atoms with Crippen LogP contribution < -0.4 is 5.73 Å². The van der Waals surface area contributed by atoms with Gasteiger partial charge in [0.25, 0.3) is 0 Å². The van der Waals surface area contributed by atoms with E-state index in [4.69, 9.17) is 5.73 Å². The van der Waals surface area contributed by atoms with E-state index in [0.717, 1.165) is 11.1 Å². The van der Waals surface area contributed by atoms with E-state index in [1.54, 1.807) is 6.20 Å². The average molecular weight is 201 g/mol. The molecule has 0 aliphatic heterocycles. The highest BCUT2D eigenvalue weighted by molar-refractivity contribution is 5.29. The molecule has 80 valence electrons. The summed E-state index contributed by atoms with van der Waals surface area (Å²) in [5.74, 6) is 0.144. The topological polar surface area (TPSA) is 26.0 Å². The first kappa shape index (κ1) is 13.3. The van der Waals surface area contributed by atoms with Gasteiger partial charge in [0, 0.05) is 5.92 Å². The van der Waals surface area contributed by atoms with Crippen LogP contribution in [0.15, 0.2) is 66.6 Å². The van der Waals surface area contributed by atoms with Crippen molar-refractivity contribution >= 4 is 0 Å². The molecule has 0 aromatic rings. The van der Waals surface area contributed by atoms with Crippen LogP contribution in [0.2, 0.25) is 0 Å². The lowest BCUT2D eigenvalue weighted by atomic mass is 9.99. The Hall–Kier alpha value is -1.72. The molecule has 0 fully saturated rings. The van der Waals surface area contributed by atoms with E-state index < -0.39 is 0 Å². The van der Waals surface area contributed by atoms with Gasteiger partial charge >= 0.3 is 0 Å². The van der Waals surface area contributed by atoms with Crippen molar-refractivity contribution in [2.45, 2.75) is 13.8 Å². The number of allylic oxidation sites excluding steroid dienone is 6. The van der Waals surface area contributed by atoms with E-state index in [1.165, 1.54) is 0 Å². The fraction of sp³-hybridized carbons (Fsp3) is 0.214. The summed E-state index contributed by atoms with van der Waals surface area (Å²) in [6, 6.07) is 0. The molecule has 0 aliphatic rings. The molecule has 0 saturated carbocycles. The maximum Gasteiger partial charge on any atom is 0.0216 e. The lowest BCUT2D eigenvalue weighted by molar-refractivity contribution is 0.998. The average Bonchev–Trinajstić information content (AvgIpc) is 2.21. The van der Waals surface area contributed by atoms with Gasteiger partial charge in [-0.3, -0.25) is 0 Å². The molecule has 2 N–H and O–H groups in total. The molecular formula is C14H19N. The van der Waals surface area contributed by atoms with Crippen LogP contribution in [0.3, 0.4) is 0 Å². The number of nitrogens with two attached hydrogens (primary N) is 1. The highest BCUT2D eigenvalue weighted by Gasteiger charge is 2.01. The Morgan fingerprint density at radius 3 is 2.47 bits per heavy atom. The van der Waals surface area contributed by atoms with E-state index in [0.29, 0.717) is 0 Å². The van der Waals surface area contributed by atoms with Crippen molar-refractivity contribution in [2.75, 3.05) is 0 Å². The van der Waals surface area contributed by atoms with E-state index in [2.05, 4.69) is 18.9 Å². The second-order valence-corrected chi connectivity index (χ2v) is 3.26. The maximum absolute atomic E-state index is 5.55. The van der Waals surface area contributed by atoms with Crippen LogP contribution in [0, 0.1) is 5.92 Å². The molecule has 0 heterocycles. The molecule has 1 nitrogen and oxygen atoms in total. The first-order chi connectivity index (χ1) is 7.15. The molecule has 1 atom stereocenters. The zero-order chi connectivity index (χ0) is 11.7. The van der Waals surface area contributed by atoms with Crippen molar-refractivity contribution in [3.05, 3.63) is 66.6 Å². The minimum Gasteiger partial charge on any atom is -0.404 e. The second-order valence-electron chi connectivity index (χ2n) is 3.26. The molecule has 0 spiro atoms. The van der Waals surface area contributed by atoms with Gasteiger partial charge in [-0.25, -0.2) is 0 Å². The Kier molecular flexibility index (Phi) is 6.78. The van der Waals surface area contributed by atoms with Gasteiger partial charge in [-0.15, -0.1) is 12.3 Å². The van der Waals surface area contributed by atoms with Crippen LogP contribution in [0.4, 0.5) is 0 Å². The Morgan fingerprint density at radius 2 is 2.07 bits per heavy atom. The molecule has 0 rings (SSSR count). The molecule has 1 heteroatoms. The van der Waals surface area contributed by atoms with Gasteiger partial charge in [-0.2, -0.15) is 0 Å². The summed E-state index contributed by atoms with van der Waals surface area (Å²) in [7, 11) is 0. The Labute approximate surface area is 92.7 Å². The molecule has 0 bridgehead atoms. The maximum atomic E-state index is 5.55. The predicted octanol–water partition coefficient (Wildman–Crippen LogP) is 3.49. The summed E-state index contributed by atoms with van der Waals surface area (Å²) < 4.78 is 0. The van der Waals surface area contributed by atoms with Crippen molar-refractivity contribution in [1.82, 2.24) is 0 Å². The third-order valence-electron chi connectivity index (χ3n) is 1.81. The van der Waals surface area contributed by atoms with Crippen LogP contribution in [-0.4, -0.2) is 0 Å². The summed E-state index contributed by atoms with van der Waals surface area (Å²) in [5.41, 5.74) is 10.5. The monoisotopic (exact) mass is 201 g/mol. The molecule has 15 heavy (non-hydrogen) atoms. The normalized spacial score (nSPS) is 13.1. The van der Waals surface area contributed by atoms with Crippen molar-refractivity contribution in [1.29, 1.82) is 0 Å². The highest BCUT2D eigenvalue weighted by atomic mass is 14.5. The van der Waals surface area contributed by atoms with Crippen LogP contribution in [0.1, 0.15) is 13.8 Å². The Morgan fingerprint density at radius 1 is 1.40 bits per heavy atom. The first-order valence-electron chi connectivity index (χ1n) is 4.90. The van der Waals surface area contributed by atoms with Gasteiger partial charge in [0.15, 0.2) is 0 Å². The highest BCUT2D eigenvalue weighted by Crippen LogP contribution is 2.14. The number of hydrogen-bond donors (Lipinski definition) is 1. The molecule has 1 unspecified atom stereocenters. The van der Waals surface area contributed by atoms with Crippen molar-refractivity contribution in [2.24, 2.45) is 11.7 Å². The van der Waals surface area contributed by atoms with Gasteiger partial charge in [-0.1, -0.05) is 30.4 Å². The third kappa shape index (κ3) is 5.56. The second kappa shape index (κ2) is 7.66. The van der Waals surface area contributed by atoms with Crippen molar-refractivity contribution in [3.8, 4) is 0 Å². The van der Waals surface area contributed by atoms with E-state index in [1.807, 2.05) is 44.2 Å². The van der Waals surface area contributed by atoms with Crippen molar-refractivity contribution in [3.63, 3.8) is 0 Å². The number of rotatable bonds is 5. The standard InChI is InChI=1S/C14H19N/c1-5-8-13(6-2)14(11-15)10-7-9-12(3)4/h5-6,8-11,13H,2-3,15H2,1,4H3/b8-5-,14-11+. The van der Waals surface area contributed by atoms with Gasteiger partial charge < -0.3 is 5.73 Å². The SMILES string of the molecule is C=CC(/C=C\C)/C(C=C=CC(=C)C)=C/N. The van der Waals surface area contributed by atoms with Crippen LogP contribution in [0.25, 0.3) is 0 Å². The first-order valence-corrected chi connectivity index (χ1v) is 4.90. The minimum atomic E-state index is 0.144. The molecule has 0 aliphatic carbocycles. The lowest BCUT2D eigenvalue weighted by Gasteiger charge is -2.06. The summed E-state index contributed by atoms with van der Waals surface area (Å²) >= 11 is 0. The molecule has 0 aromatic carbocycles. The minimum absolute atomic E-state index is 0.144. The molecule has 0 radical (unpaired) electrons. The van der Waals surface area contributed by atoms with Gasteiger partial charge in [0.1, 0.15) is 0 Å². The van der Waals surface area contributed by atoms with E-state index in [9.17, 15) is 0 Å². The number of hydrogen-bond acceptors (Lipinski definition) is 1. The zero-order valence-corrected chi connectivity index (χ0v) is 9.53. The largest absolute Gasteiger partial charge is 0.404 e. The van der Waals surface area contributed by atoms with Crippen LogP contribution in [0.5, 0.6) is 0 Å². The van der Waals surface area contributed by atoms with E-state index in [-0.39, 0.29) is 5.92 Å². The fourth-order valence-electron chi connectivity index (χ4n) is 1.07. The summed E-state index contributed by atoms with van der Waals surface area (Å²) in [6.45, 7) is 11.4. The summed E-state index contributed by atoms with van der Waals surface area (Å²) in [5, 5.41) is 0. The fourth-order valence-corrected chi connectivity index (χ4v) is 1.07. The van der Waals surface area contributed by atoms with Gasteiger partial charge in [0.05, 0.1) is 0 Å². The third-order valence-corrected chi connectivity index (χ3v) is 1.81. The summed E-state index contributed by atoms with van der Waals surface area (Å²) in [6.07, 6.45) is 11.1. The zero-order valence-electron chi connectivity index (χ0n) is 9.53.